The van der Waals surface area contributed by atoms with Crippen molar-refractivity contribution in [1.29, 1.82) is 0 Å². The molecule has 1 amide bonds. The Hall–Kier alpha value is -1.78. The van der Waals surface area contributed by atoms with Crippen molar-refractivity contribution in [1.82, 2.24) is 5.32 Å². The van der Waals surface area contributed by atoms with Gasteiger partial charge in [-0.15, -0.1) is 0 Å². The zero-order chi connectivity index (χ0) is 18.3. The molecule has 1 aliphatic heterocycles. The first-order valence-corrected chi connectivity index (χ1v) is 8.58. The molecule has 0 bridgehead atoms. The summed E-state index contributed by atoms with van der Waals surface area (Å²) in [6, 6.07) is -0.288. The first kappa shape index (κ1) is 20.3. The van der Waals surface area contributed by atoms with Crippen molar-refractivity contribution in [2.75, 3.05) is 0 Å². The van der Waals surface area contributed by atoms with Gasteiger partial charge in [0, 0.05) is 6.08 Å². The Morgan fingerprint density at radius 1 is 1.42 bits per heavy atom. The molecule has 0 unspecified atom stereocenters. The second-order valence-corrected chi connectivity index (χ2v) is 7.71. The highest BCUT2D eigenvalue weighted by molar-refractivity contribution is 5.84. The van der Waals surface area contributed by atoms with Crippen molar-refractivity contribution in [3.63, 3.8) is 0 Å². The van der Waals surface area contributed by atoms with Gasteiger partial charge in [-0.25, -0.2) is 9.59 Å². The molecule has 3 atom stereocenters. The van der Waals surface area contributed by atoms with Gasteiger partial charge >= 0.3 is 12.1 Å². The highest BCUT2D eigenvalue weighted by Crippen LogP contribution is 2.21. The maximum atomic E-state index is 12.1. The van der Waals surface area contributed by atoms with Crippen molar-refractivity contribution in [3.05, 3.63) is 23.8 Å². The second kappa shape index (κ2) is 8.90. The van der Waals surface area contributed by atoms with E-state index in [4.69, 9.17) is 9.47 Å². The van der Waals surface area contributed by atoms with E-state index in [0.29, 0.717) is 5.92 Å². The lowest BCUT2D eigenvalue weighted by molar-refractivity contribution is -0.139. The lowest BCUT2D eigenvalue weighted by atomic mass is 9.93. The van der Waals surface area contributed by atoms with Crippen LogP contribution in [0.25, 0.3) is 0 Å². The molecular formula is C19H31NO4. The maximum Gasteiger partial charge on any atom is 0.408 e. The number of amides is 1. The van der Waals surface area contributed by atoms with Crippen LogP contribution in [0.5, 0.6) is 0 Å². The number of carbonyl (C=O) groups is 2. The summed E-state index contributed by atoms with van der Waals surface area (Å²) in [6.07, 6.45) is 7.14. The summed E-state index contributed by atoms with van der Waals surface area (Å²) >= 11 is 0. The number of esters is 1. The smallest absolute Gasteiger partial charge is 0.408 e. The maximum absolute atomic E-state index is 12.1. The van der Waals surface area contributed by atoms with E-state index in [1.165, 1.54) is 11.6 Å². The van der Waals surface area contributed by atoms with E-state index in [1.54, 1.807) is 6.08 Å². The molecular weight excluding hydrogens is 306 g/mol. The number of cyclic esters (lactones) is 1. The highest BCUT2D eigenvalue weighted by Gasteiger charge is 2.30. The van der Waals surface area contributed by atoms with E-state index in [0.717, 1.165) is 19.3 Å². The third-order valence-electron chi connectivity index (χ3n) is 3.64. The van der Waals surface area contributed by atoms with Gasteiger partial charge < -0.3 is 14.8 Å². The van der Waals surface area contributed by atoms with Crippen molar-refractivity contribution >= 4 is 12.1 Å². The van der Waals surface area contributed by atoms with Crippen LogP contribution in [-0.4, -0.2) is 29.8 Å². The third-order valence-corrected chi connectivity index (χ3v) is 3.64. The molecule has 0 aliphatic carbocycles. The minimum Gasteiger partial charge on any atom is -0.453 e. The average Bonchev–Trinajstić information content (AvgIpc) is 2.82. The normalized spacial score (nSPS) is 19.4. The molecule has 5 heteroatoms. The summed E-state index contributed by atoms with van der Waals surface area (Å²) in [5, 5.41) is 2.86. The molecule has 136 valence electrons. The number of carbonyl (C=O) groups excluding carboxylic acids is 2. The zero-order valence-electron chi connectivity index (χ0n) is 15.7. The predicted octanol–water partition coefficient (Wildman–Crippen LogP) is 4.13. The Balaban J connectivity index is 2.64. The van der Waals surface area contributed by atoms with Gasteiger partial charge in [0.1, 0.15) is 11.7 Å². The molecule has 0 aromatic heterocycles. The fourth-order valence-electron chi connectivity index (χ4n) is 2.54. The molecule has 0 aromatic rings. The van der Waals surface area contributed by atoms with Gasteiger partial charge in [-0.2, -0.15) is 0 Å². The van der Waals surface area contributed by atoms with E-state index in [2.05, 4.69) is 32.2 Å². The number of ether oxygens (including phenoxy) is 2. The Kier molecular flexibility index (Phi) is 7.52. The van der Waals surface area contributed by atoms with Gasteiger partial charge in [0.25, 0.3) is 0 Å². The standard InChI is InChI=1S/C19H31NO4/c1-13(2)8-7-9-14(3)12-15(16-10-11-17(21)23-16)20-18(22)24-19(4,5)6/h8,10-11,14-16H,7,9,12H2,1-6H3,(H,20,22)/t14-,15-,16-/m1/s1. The first-order chi connectivity index (χ1) is 11.1. The Bertz CT molecular complexity index is 498. The van der Waals surface area contributed by atoms with E-state index in [1.807, 2.05) is 20.8 Å². The Morgan fingerprint density at radius 3 is 2.58 bits per heavy atom. The number of alkyl carbamates (subject to hydrolysis) is 1. The summed E-state index contributed by atoms with van der Waals surface area (Å²) in [5.74, 6) is 0.0152. The topological polar surface area (TPSA) is 64.6 Å². The molecule has 0 saturated carbocycles. The van der Waals surface area contributed by atoms with Gasteiger partial charge in [-0.05, 0) is 65.9 Å². The van der Waals surface area contributed by atoms with Gasteiger partial charge in [0.05, 0.1) is 6.04 Å². The van der Waals surface area contributed by atoms with Crippen LogP contribution >= 0.6 is 0 Å². The molecule has 1 heterocycles. The summed E-state index contributed by atoms with van der Waals surface area (Å²) in [5.41, 5.74) is 0.740. The number of rotatable bonds is 7. The summed E-state index contributed by atoms with van der Waals surface area (Å²) in [6.45, 7) is 11.8. The molecule has 0 saturated heterocycles. The highest BCUT2D eigenvalue weighted by atomic mass is 16.6. The van der Waals surface area contributed by atoms with E-state index in [9.17, 15) is 9.59 Å². The third kappa shape index (κ3) is 8.18. The van der Waals surface area contributed by atoms with E-state index >= 15 is 0 Å². The van der Waals surface area contributed by atoms with Crippen molar-refractivity contribution < 1.29 is 19.1 Å². The Morgan fingerprint density at radius 2 is 2.08 bits per heavy atom. The van der Waals surface area contributed by atoms with Crippen LogP contribution in [0.15, 0.2) is 23.8 Å². The molecule has 1 rings (SSSR count). The van der Waals surface area contributed by atoms with Crippen LogP contribution in [-0.2, 0) is 14.3 Å². The van der Waals surface area contributed by atoms with Crippen LogP contribution in [0.3, 0.4) is 0 Å². The largest absolute Gasteiger partial charge is 0.453 e. The van der Waals surface area contributed by atoms with Crippen molar-refractivity contribution in [2.24, 2.45) is 5.92 Å². The van der Waals surface area contributed by atoms with Gasteiger partial charge in [-0.3, -0.25) is 0 Å². The number of allylic oxidation sites excluding steroid dienone is 2. The number of hydrogen-bond acceptors (Lipinski definition) is 4. The minimum atomic E-state index is -0.564. The predicted molar refractivity (Wildman–Crippen MR) is 94.6 cm³/mol. The molecule has 0 aromatic carbocycles. The number of nitrogens with one attached hydrogen (secondary N) is 1. The Labute approximate surface area is 145 Å². The minimum absolute atomic E-state index is 0.288. The zero-order valence-corrected chi connectivity index (χ0v) is 15.7. The number of hydrogen-bond donors (Lipinski definition) is 1. The van der Waals surface area contributed by atoms with Crippen LogP contribution < -0.4 is 5.32 Å². The van der Waals surface area contributed by atoms with Crippen LogP contribution in [0.4, 0.5) is 4.79 Å². The SMILES string of the molecule is CC(C)=CCC[C@@H](C)C[C@@H](NC(=O)OC(C)(C)C)[C@H]1C=CC(=O)O1. The molecule has 1 aliphatic rings. The summed E-state index contributed by atoms with van der Waals surface area (Å²) in [4.78, 5) is 23.4. The van der Waals surface area contributed by atoms with Crippen molar-refractivity contribution in [3.8, 4) is 0 Å². The lowest BCUT2D eigenvalue weighted by Crippen LogP contribution is -2.46. The molecule has 0 spiro atoms. The monoisotopic (exact) mass is 337 g/mol. The quantitative estimate of drug-likeness (QED) is 0.560. The molecule has 5 nitrogen and oxygen atoms in total. The summed E-state index contributed by atoms with van der Waals surface area (Å²) < 4.78 is 10.6. The van der Waals surface area contributed by atoms with Crippen LogP contribution in [0.2, 0.25) is 0 Å². The lowest BCUT2D eigenvalue weighted by Gasteiger charge is -2.27. The molecule has 24 heavy (non-hydrogen) atoms. The second-order valence-electron chi connectivity index (χ2n) is 7.71. The van der Waals surface area contributed by atoms with Crippen LogP contribution in [0, 0.1) is 5.92 Å². The van der Waals surface area contributed by atoms with Gasteiger partial charge in [0.15, 0.2) is 0 Å². The summed E-state index contributed by atoms with van der Waals surface area (Å²) in [7, 11) is 0. The molecule has 1 N–H and O–H groups in total. The first-order valence-electron chi connectivity index (χ1n) is 8.58. The molecule has 0 fully saturated rings. The van der Waals surface area contributed by atoms with Crippen molar-refractivity contribution in [2.45, 2.75) is 78.6 Å². The van der Waals surface area contributed by atoms with Crippen LogP contribution in [0.1, 0.15) is 60.8 Å². The van der Waals surface area contributed by atoms with Gasteiger partial charge in [-0.1, -0.05) is 18.6 Å². The van der Waals surface area contributed by atoms with E-state index < -0.39 is 17.8 Å². The van der Waals surface area contributed by atoms with Gasteiger partial charge in [0.2, 0.25) is 0 Å². The fourth-order valence-corrected chi connectivity index (χ4v) is 2.54. The average molecular weight is 337 g/mol. The fraction of sp³-hybridized carbons (Fsp3) is 0.684. The molecule has 0 radical (unpaired) electrons. The van der Waals surface area contributed by atoms with E-state index in [-0.39, 0.29) is 12.0 Å².